The summed E-state index contributed by atoms with van der Waals surface area (Å²) in [5.41, 5.74) is -0.0775. The van der Waals surface area contributed by atoms with Crippen molar-refractivity contribution in [3.63, 3.8) is 0 Å². The van der Waals surface area contributed by atoms with Crippen LogP contribution in [0.25, 0.3) is 0 Å². The zero-order valence-electron chi connectivity index (χ0n) is 16.9. The van der Waals surface area contributed by atoms with Crippen LogP contribution in [0.1, 0.15) is 26.3 Å². The first kappa shape index (κ1) is 20.5. The molecule has 0 saturated carbocycles. The van der Waals surface area contributed by atoms with E-state index in [1.54, 1.807) is 24.3 Å². The highest BCUT2D eigenvalue weighted by Crippen LogP contribution is 2.33. The molecule has 2 N–H and O–H groups in total. The zero-order valence-corrected chi connectivity index (χ0v) is 16.9. The van der Waals surface area contributed by atoms with Crippen molar-refractivity contribution in [3.8, 4) is 17.2 Å². The summed E-state index contributed by atoms with van der Waals surface area (Å²) in [6.07, 6.45) is 0.576. The van der Waals surface area contributed by atoms with Gasteiger partial charge in [-0.05, 0) is 57.0 Å². The van der Waals surface area contributed by atoms with Gasteiger partial charge >= 0.3 is 0 Å². The quantitative estimate of drug-likeness (QED) is 0.668. The van der Waals surface area contributed by atoms with E-state index >= 15 is 0 Å². The Balaban J connectivity index is 1.62. The normalized spacial score (nSPS) is 17.6. The van der Waals surface area contributed by atoms with Gasteiger partial charge in [0.1, 0.15) is 5.75 Å². The van der Waals surface area contributed by atoms with Crippen molar-refractivity contribution in [2.45, 2.75) is 32.8 Å². The molecule has 0 bridgehead atoms. The number of amides is 2. The fraction of sp³-hybridized carbons (Fsp3) is 0.364. The smallest absolute Gasteiger partial charge is 0.278 e. The van der Waals surface area contributed by atoms with Crippen molar-refractivity contribution >= 4 is 17.5 Å². The van der Waals surface area contributed by atoms with Gasteiger partial charge in [-0.2, -0.15) is 0 Å². The molecule has 0 saturated heterocycles. The first-order valence-electron chi connectivity index (χ1n) is 9.74. The Kier molecular flexibility index (Phi) is 6.26. The van der Waals surface area contributed by atoms with Crippen LogP contribution >= 0.6 is 0 Å². The van der Waals surface area contributed by atoms with Crippen molar-refractivity contribution in [3.05, 3.63) is 48.0 Å². The molecule has 1 atom stereocenters. The van der Waals surface area contributed by atoms with Crippen LogP contribution in [-0.2, 0) is 16.0 Å². The highest BCUT2D eigenvalue weighted by atomic mass is 16.5. The van der Waals surface area contributed by atoms with Gasteiger partial charge in [0.15, 0.2) is 11.5 Å². The fourth-order valence-electron chi connectivity index (χ4n) is 3.06. The standard InChI is InChI=1S/C22H26N2O5/c1-4-27-18-11-10-15(14-19(18)28-5-2)12-13-23-20(25)22(3)21(26)24-16-8-6-7-9-17(16)29-22/h6-11,14H,4-5,12-13H2,1-3H3,(H,23,25)(H,24,26). The zero-order chi connectivity index (χ0) is 20.9. The molecule has 1 heterocycles. The molecule has 29 heavy (non-hydrogen) atoms. The molecule has 7 heteroatoms. The molecule has 1 aliphatic heterocycles. The summed E-state index contributed by atoms with van der Waals surface area (Å²) in [7, 11) is 0. The van der Waals surface area contributed by atoms with Crippen LogP contribution in [0, 0.1) is 0 Å². The Bertz CT molecular complexity index is 899. The number of para-hydroxylation sites is 2. The first-order valence-corrected chi connectivity index (χ1v) is 9.74. The van der Waals surface area contributed by atoms with Crippen LogP contribution < -0.4 is 24.8 Å². The number of hydrogen-bond donors (Lipinski definition) is 2. The molecule has 0 radical (unpaired) electrons. The van der Waals surface area contributed by atoms with Crippen molar-refractivity contribution < 1.29 is 23.8 Å². The Labute approximate surface area is 170 Å². The van der Waals surface area contributed by atoms with Crippen molar-refractivity contribution in [2.24, 2.45) is 0 Å². The number of hydrogen-bond acceptors (Lipinski definition) is 5. The average Bonchev–Trinajstić information content (AvgIpc) is 2.71. The predicted molar refractivity (Wildman–Crippen MR) is 110 cm³/mol. The summed E-state index contributed by atoms with van der Waals surface area (Å²) in [5.74, 6) is 0.865. The van der Waals surface area contributed by atoms with E-state index in [4.69, 9.17) is 14.2 Å². The van der Waals surface area contributed by atoms with Gasteiger partial charge in [0.2, 0.25) is 0 Å². The topological polar surface area (TPSA) is 85.9 Å². The number of ether oxygens (including phenoxy) is 3. The average molecular weight is 398 g/mol. The molecular weight excluding hydrogens is 372 g/mol. The third-order valence-electron chi connectivity index (χ3n) is 4.62. The number of anilines is 1. The largest absolute Gasteiger partial charge is 0.490 e. The van der Waals surface area contributed by atoms with E-state index in [0.717, 1.165) is 5.56 Å². The second-order valence-corrected chi connectivity index (χ2v) is 6.74. The number of benzene rings is 2. The van der Waals surface area contributed by atoms with Crippen molar-refractivity contribution in [2.75, 3.05) is 25.1 Å². The molecule has 1 unspecified atom stereocenters. The van der Waals surface area contributed by atoms with Crippen LogP contribution in [0.3, 0.4) is 0 Å². The number of carbonyl (C=O) groups excluding carboxylic acids is 2. The lowest BCUT2D eigenvalue weighted by molar-refractivity contribution is -0.146. The summed E-state index contributed by atoms with van der Waals surface area (Å²) < 4.78 is 16.9. The van der Waals surface area contributed by atoms with E-state index in [2.05, 4.69) is 10.6 Å². The van der Waals surface area contributed by atoms with E-state index in [-0.39, 0.29) is 0 Å². The molecule has 3 rings (SSSR count). The minimum atomic E-state index is -1.62. The lowest BCUT2D eigenvalue weighted by Gasteiger charge is -2.33. The lowest BCUT2D eigenvalue weighted by Crippen LogP contribution is -2.58. The maximum Gasteiger partial charge on any atom is 0.278 e. The number of fused-ring (bicyclic) bond motifs is 1. The van der Waals surface area contributed by atoms with Crippen molar-refractivity contribution in [1.29, 1.82) is 0 Å². The summed E-state index contributed by atoms with van der Waals surface area (Å²) in [6.45, 7) is 6.74. The molecule has 0 spiro atoms. The molecule has 1 aliphatic rings. The van der Waals surface area contributed by atoms with E-state index in [0.29, 0.717) is 49.1 Å². The van der Waals surface area contributed by atoms with Crippen molar-refractivity contribution in [1.82, 2.24) is 5.32 Å². The molecule has 154 valence electrons. The number of carbonyl (C=O) groups is 2. The predicted octanol–water partition coefficient (Wildman–Crippen LogP) is 2.93. The van der Waals surface area contributed by atoms with Crippen LogP contribution in [0.15, 0.2) is 42.5 Å². The van der Waals surface area contributed by atoms with Crippen LogP contribution in [-0.4, -0.2) is 37.2 Å². The Morgan fingerprint density at radius 2 is 1.83 bits per heavy atom. The van der Waals surface area contributed by atoms with Gasteiger partial charge in [-0.25, -0.2) is 0 Å². The Morgan fingerprint density at radius 3 is 2.59 bits per heavy atom. The van der Waals surface area contributed by atoms with E-state index in [1.807, 2.05) is 32.0 Å². The summed E-state index contributed by atoms with van der Waals surface area (Å²) >= 11 is 0. The first-order chi connectivity index (χ1) is 14.0. The van der Waals surface area contributed by atoms with Gasteiger partial charge in [0.25, 0.3) is 17.4 Å². The van der Waals surface area contributed by atoms with Gasteiger partial charge in [-0.15, -0.1) is 0 Å². The highest BCUT2D eigenvalue weighted by molar-refractivity contribution is 6.15. The maximum atomic E-state index is 12.7. The molecule has 0 aliphatic carbocycles. The van der Waals surface area contributed by atoms with Gasteiger partial charge in [-0.1, -0.05) is 18.2 Å². The van der Waals surface area contributed by atoms with Crippen LogP contribution in [0.2, 0.25) is 0 Å². The van der Waals surface area contributed by atoms with E-state index in [1.165, 1.54) is 6.92 Å². The van der Waals surface area contributed by atoms with E-state index in [9.17, 15) is 9.59 Å². The number of nitrogens with one attached hydrogen (secondary N) is 2. The second-order valence-electron chi connectivity index (χ2n) is 6.74. The summed E-state index contributed by atoms with van der Waals surface area (Å²) in [5, 5.41) is 5.52. The fourth-order valence-corrected chi connectivity index (χ4v) is 3.06. The molecule has 0 fully saturated rings. The second kappa shape index (κ2) is 8.86. The molecular formula is C22H26N2O5. The van der Waals surface area contributed by atoms with Gasteiger partial charge in [-0.3, -0.25) is 9.59 Å². The highest BCUT2D eigenvalue weighted by Gasteiger charge is 2.46. The van der Waals surface area contributed by atoms with Gasteiger partial charge < -0.3 is 24.8 Å². The minimum absolute atomic E-state index is 0.353. The SMILES string of the molecule is CCOc1ccc(CCNC(=O)C2(C)Oc3ccccc3NC2=O)cc1OCC. The third-order valence-corrected chi connectivity index (χ3v) is 4.62. The summed E-state index contributed by atoms with van der Waals surface area (Å²) in [4.78, 5) is 25.1. The minimum Gasteiger partial charge on any atom is -0.490 e. The van der Waals surface area contributed by atoms with Gasteiger partial charge in [0, 0.05) is 6.54 Å². The van der Waals surface area contributed by atoms with Crippen LogP contribution in [0.5, 0.6) is 17.2 Å². The lowest BCUT2D eigenvalue weighted by atomic mass is 10.0. The molecule has 2 amide bonds. The maximum absolute atomic E-state index is 12.7. The third kappa shape index (κ3) is 4.45. The van der Waals surface area contributed by atoms with Crippen LogP contribution in [0.4, 0.5) is 5.69 Å². The number of rotatable bonds is 8. The van der Waals surface area contributed by atoms with Gasteiger partial charge in [0.05, 0.1) is 18.9 Å². The Hall–Kier alpha value is -3.22. The summed E-state index contributed by atoms with van der Waals surface area (Å²) in [6, 6.07) is 12.7. The molecule has 7 nitrogen and oxygen atoms in total. The molecule has 0 aromatic heterocycles. The monoisotopic (exact) mass is 398 g/mol. The van der Waals surface area contributed by atoms with E-state index < -0.39 is 17.4 Å². The molecule has 2 aromatic rings. The Morgan fingerprint density at radius 1 is 1.10 bits per heavy atom. The molecule has 2 aromatic carbocycles.